The summed E-state index contributed by atoms with van der Waals surface area (Å²) >= 11 is 1.54. The number of hydrogen-bond acceptors (Lipinski definition) is 6. The number of aromatic nitrogens is 2. The molecule has 0 unspecified atom stereocenters. The van der Waals surface area contributed by atoms with E-state index in [4.69, 9.17) is 5.84 Å². The molecule has 1 fully saturated rings. The second kappa shape index (κ2) is 5.96. The van der Waals surface area contributed by atoms with E-state index < -0.39 is 0 Å². The number of hydrazine groups is 1. The van der Waals surface area contributed by atoms with Gasteiger partial charge in [0.15, 0.2) is 5.16 Å². The SMILES string of the molecule is CSc1nc(NN)cc(N2CCCC(C)(C)CC2)n1. The van der Waals surface area contributed by atoms with Gasteiger partial charge in [-0.2, -0.15) is 0 Å². The zero-order chi connectivity index (χ0) is 13.9. The summed E-state index contributed by atoms with van der Waals surface area (Å²) in [7, 11) is 0. The van der Waals surface area contributed by atoms with Crippen molar-refractivity contribution in [2.45, 2.75) is 38.3 Å². The third kappa shape index (κ3) is 3.73. The molecule has 1 aliphatic rings. The first-order valence-corrected chi connectivity index (χ1v) is 7.91. The van der Waals surface area contributed by atoms with E-state index in [0.717, 1.165) is 24.1 Å². The number of nitrogen functional groups attached to an aromatic ring is 1. The molecule has 6 heteroatoms. The molecular formula is C13H23N5S. The highest BCUT2D eigenvalue weighted by Gasteiger charge is 2.24. The minimum atomic E-state index is 0.430. The molecule has 2 heterocycles. The highest BCUT2D eigenvalue weighted by atomic mass is 32.2. The normalized spacial score (nSPS) is 19.1. The molecule has 3 N–H and O–H groups in total. The average molecular weight is 281 g/mol. The Hall–Kier alpha value is -1.01. The fraction of sp³-hybridized carbons (Fsp3) is 0.692. The van der Waals surface area contributed by atoms with E-state index in [1.807, 2.05) is 12.3 Å². The Labute approximate surface area is 119 Å². The first-order chi connectivity index (χ1) is 9.04. The molecule has 106 valence electrons. The van der Waals surface area contributed by atoms with E-state index in [2.05, 4.69) is 34.1 Å². The van der Waals surface area contributed by atoms with Gasteiger partial charge < -0.3 is 10.3 Å². The molecule has 0 atom stereocenters. The lowest BCUT2D eigenvalue weighted by molar-refractivity contribution is 0.325. The highest BCUT2D eigenvalue weighted by Crippen LogP contribution is 2.31. The third-order valence-electron chi connectivity index (χ3n) is 3.69. The van der Waals surface area contributed by atoms with Gasteiger partial charge >= 0.3 is 0 Å². The third-order valence-corrected chi connectivity index (χ3v) is 4.23. The first kappa shape index (κ1) is 14.4. The Morgan fingerprint density at radius 1 is 1.32 bits per heavy atom. The van der Waals surface area contributed by atoms with Crippen molar-refractivity contribution in [3.8, 4) is 0 Å². The lowest BCUT2D eigenvalue weighted by atomic mass is 9.85. The second-order valence-electron chi connectivity index (χ2n) is 5.75. The molecular weight excluding hydrogens is 258 g/mol. The summed E-state index contributed by atoms with van der Waals surface area (Å²) < 4.78 is 0. The van der Waals surface area contributed by atoms with Crippen LogP contribution in [0.25, 0.3) is 0 Å². The van der Waals surface area contributed by atoms with E-state index in [0.29, 0.717) is 11.2 Å². The molecule has 0 radical (unpaired) electrons. The van der Waals surface area contributed by atoms with Gasteiger partial charge in [-0.3, -0.25) is 0 Å². The number of thioether (sulfide) groups is 1. The Morgan fingerprint density at radius 3 is 2.79 bits per heavy atom. The largest absolute Gasteiger partial charge is 0.356 e. The lowest BCUT2D eigenvalue weighted by Gasteiger charge is -2.24. The van der Waals surface area contributed by atoms with E-state index in [1.54, 1.807) is 0 Å². The Kier molecular flexibility index (Phi) is 4.52. The zero-order valence-corrected chi connectivity index (χ0v) is 12.8. The van der Waals surface area contributed by atoms with E-state index in [9.17, 15) is 0 Å². The molecule has 0 aliphatic carbocycles. The predicted octanol–water partition coefficient (Wildman–Crippen LogP) is 2.50. The van der Waals surface area contributed by atoms with E-state index in [1.165, 1.54) is 31.0 Å². The van der Waals surface area contributed by atoms with Crippen LogP contribution in [0.3, 0.4) is 0 Å². The van der Waals surface area contributed by atoms with Crippen LogP contribution in [0.2, 0.25) is 0 Å². The van der Waals surface area contributed by atoms with Crippen LogP contribution in [-0.4, -0.2) is 29.3 Å². The molecule has 0 spiro atoms. The lowest BCUT2D eigenvalue weighted by Crippen LogP contribution is -2.26. The van der Waals surface area contributed by atoms with Crippen molar-refractivity contribution in [2.75, 3.05) is 29.7 Å². The van der Waals surface area contributed by atoms with Gasteiger partial charge in [0.25, 0.3) is 0 Å². The zero-order valence-electron chi connectivity index (χ0n) is 11.9. The van der Waals surface area contributed by atoms with Crippen molar-refractivity contribution in [3.63, 3.8) is 0 Å². The average Bonchev–Trinajstić information content (AvgIpc) is 2.59. The number of nitrogens with two attached hydrogens (primary N) is 1. The Morgan fingerprint density at radius 2 is 2.11 bits per heavy atom. The van der Waals surface area contributed by atoms with Crippen molar-refractivity contribution >= 4 is 23.4 Å². The number of nitrogens with zero attached hydrogens (tertiary/aromatic N) is 3. The summed E-state index contributed by atoms with van der Waals surface area (Å²) in [5.74, 6) is 7.13. The highest BCUT2D eigenvalue weighted by molar-refractivity contribution is 7.98. The molecule has 1 saturated heterocycles. The monoisotopic (exact) mass is 281 g/mol. The summed E-state index contributed by atoms with van der Waals surface area (Å²) in [6.45, 7) is 6.79. The summed E-state index contributed by atoms with van der Waals surface area (Å²) in [5.41, 5.74) is 3.05. The summed E-state index contributed by atoms with van der Waals surface area (Å²) in [6.07, 6.45) is 5.64. The number of anilines is 2. The fourth-order valence-electron chi connectivity index (χ4n) is 2.39. The standard InChI is InChI=1S/C13H23N5S/c1-13(2)5-4-7-18(8-6-13)11-9-10(17-14)15-12(16-11)19-3/h9H,4-8,14H2,1-3H3,(H,15,16,17). The van der Waals surface area contributed by atoms with Crippen LogP contribution in [0.15, 0.2) is 11.2 Å². The fourth-order valence-corrected chi connectivity index (χ4v) is 2.77. The number of rotatable bonds is 3. The molecule has 2 rings (SSSR count). The van der Waals surface area contributed by atoms with Crippen LogP contribution in [0.5, 0.6) is 0 Å². The maximum absolute atomic E-state index is 5.48. The van der Waals surface area contributed by atoms with E-state index in [-0.39, 0.29) is 0 Å². The maximum Gasteiger partial charge on any atom is 0.191 e. The van der Waals surface area contributed by atoms with Crippen molar-refractivity contribution in [1.82, 2.24) is 9.97 Å². The van der Waals surface area contributed by atoms with Crippen LogP contribution >= 0.6 is 11.8 Å². The molecule has 0 aromatic carbocycles. The van der Waals surface area contributed by atoms with Crippen LogP contribution in [0.1, 0.15) is 33.1 Å². The quantitative estimate of drug-likeness (QED) is 0.384. The van der Waals surface area contributed by atoms with Gasteiger partial charge in [0.2, 0.25) is 0 Å². The van der Waals surface area contributed by atoms with Gasteiger partial charge in [0.05, 0.1) is 0 Å². The molecule has 1 aromatic rings. The molecule has 19 heavy (non-hydrogen) atoms. The molecule has 0 amide bonds. The van der Waals surface area contributed by atoms with Crippen molar-refractivity contribution in [3.05, 3.63) is 6.07 Å². The molecule has 5 nitrogen and oxygen atoms in total. The van der Waals surface area contributed by atoms with Gasteiger partial charge in [-0.25, -0.2) is 15.8 Å². The molecule has 0 bridgehead atoms. The summed E-state index contributed by atoms with van der Waals surface area (Å²) in [5, 5.41) is 0.758. The van der Waals surface area contributed by atoms with Gasteiger partial charge in [-0.1, -0.05) is 25.6 Å². The Balaban J connectivity index is 2.21. The molecule has 1 aliphatic heterocycles. The van der Waals surface area contributed by atoms with Gasteiger partial charge in [-0.05, 0) is 30.9 Å². The van der Waals surface area contributed by atoms with Crippen molar-refractivity contribution in [1.29, 1.82) is 0 Å². The smallest absolute Gasteiger partial charge is 0.191 e. The van der Waals surface area contributed by atoms with Gasteiger partial charge in [0.1, 0.15) is 11.6 Å². The molecule has 1 aromatic heterocycles. The van der Waals surface area contributed by atoms with Crippen LogP contribution < -0.4 is 16.2 Å². The van der Waals surface area contributed by atoms with Crippen LogP contribution in [0, 0.1) is 5.41 Å². The van der Waals surface area contributed by atoms with Gasteiger partial charge in [0, 0.05) is 19.2 Å². The minimum Gasteiger partial charge on any atom is -0.356 e. The molecule has 0 saturated carbocycles. The maximum atomic E-state index is 5.48. The summed E-state index contributed by atoms with van der Waals surface area (Å²) in [4.78, 5) is 11.2. The van der Waals surface area contributed by atoms with Gasteiger partial charge in [-0.15, -0.1) is 0 Å². The predicted molar refractivity (Wildman–Crippen MR) is 81.5 cm³/mol. The number of nitrogens with one attached hydrogen (secondary N) is 1. The van der Waals surface area contributed by atoms with E-state index >= 15 is 0 Å². The van der Waals surface area contributed by atoms with Crippen LogP contribution in [0.4, 0.5) is 11.6 Å². The summed E-state index contributed by atoms with van der Waals surface area (Å²) in [6, 6.07) is 1.93. The van der Waals surface area contributed by atoms with Crippen LogP contribution in [-0.2, 0) is 0 Å². The topological polar surface area (TPSA) is 67.1 Å². The first-order valence-electron chi connectivity index (χ1n) is 6.69. The van der Waals surface area contributed by atoms with Crippen molar-refractivity contribution < 1.29 is 0 Å². The minimum absolute atomic E-state index is 0.430. The Bertz CT molecular complexity index is 413. The second-order valence-corrected chi connectivity index (χ2v) is 6.52. The van der Waals surface area contributed by atoms with Crippen molar-refractivity contribution in [2.24, 2.45) is 11.3 Å². The number of hydrogen-bond donors (Lipinski definition) is 2.